The molecule has 0 aromatic heterocycles. The SMILES string of the molecule is CCOB(O)ON(CCO)CCO. The molecule has 0 heterocycles. The van der Waals surface area contributed by atoms with Gasteiger partial charge in [0, 0.05) is 19.7 Å². The molecule has 6 nitrogen and oxygen atoms in total. The first-order chi connectivity index (χ1) is 6.24. The number of hydrogen-bond donors (Lipinski definition) is 3. The van der Waals surface area contributed by atoms with Crippen LogP contribution in [0, 0.1) is 0 Å². The first-order valence-corrected chi connectivity index (χ1v) is 4.17. The van der Waals surface area contributed by atoms with Gasteiger partial charge in [-0.05, 0) is 6.92 Å². The molecule has 0 aromatic carbocycles. The molecule has 13 heavy (non-hydrogen) atoms. The van der Waals surface area contributed by atoms with Gasteiger partial charge in [-0.3, -0.25) is 4.76 Å². The number of nitrogens with zero attached hydrogens (tertiary/aromatic N) is 1. The van der Waals surface area contributed by atoms with Gasteiger partial charge in [0.1, 0.15) is 0 Å². The van der Waals surface area contributed by atoms with Crippen LogP contribution < -0.4 is 0 Å². The van der Waals surface area contributed by atoms with E-state index in [1.165, 1.54) is 5.06 Å². The molecule has 0 aromatic rings. The maximum absolute atomic E-state index is 9.02. The van der Waals surface area contributed by atoms with Crippen LogP contribution in [0.15, 0.2) is 0 Å². The Hall–Kier alpha value is -0.175. The molecule has 78 valence electrons. The van der Waals surface area contributed by atoms with Crippen LogP contribution in [-0.2, 0) is 9.41 Å². The van der Waals surface area contributed by atoms with Crippen LogP contribution in [0.5, 0.6) is 0 Å². The lowest BCUT2D eigenvalue weighted by atomic mass is 10.2. The molecule has 0 spiro atoms. The standard InChI is InChI=1S/C6H16BNO5/c1-2-12-7(11)13-8(3-5-9)4-6-10/h9-11H,2-6H2,1H3. The van der Waals surface area contributed by atoms with Crippen molar-refractivity contribution < 1.29 is 24.6 Å². The quantitative estimate of drug-likeness (QED) is 0.312. The highest BCUT2D eigenvalue weighted by molar-refractivity contribution is 6.34. The predicted octanol–water partition coefficient (Wildman–Crippen LogP) is -1.78. The average molecular weight is 193 g/mol. The molecule has 0 unspecified atom stereocenters. The molecule has 0 bridgehead atoms. The number of rotatable bonds is 8. The molecule has 0 radical (unpaired) electrons. The fourth-order valence-corrected chi connectivity index (χ4v) is 0.741. The van der Waals surface area contributed by atoms with Gasteiger partial charge < -0.3 is 19.9 Å². The van der Waals surface area contributed by atoms with Crippen LogP contribution in [-0.4, -0.2) is 60.5 Å². The van der Waals surface area contributed by atoms with Crippen LogP contribution in [0.3, 0.4) is 0 Å². The second kappa shape index (κ2) is 8.42. The van der Waals surface area contributed by atoms with Crippen molar-refractivity contribution in [1.82, 2.24) is 5.06 Å². The fraction of sp³-hybridized carbons (Fsp3) is 1.00. The van der Waals surface area contributed by atoms with E-state index in [0.717, 1.165) is 0 Å². The highest BCUT2D eigenvalue weighted by Gasteiger charge is 2.19. The monoisotopic (exact) mass is 193 g/mol. The summed E-state index contributed by atoms with van der Waals surface area (Å²) in [6, 6.07) is 0. The third kappa shape index (κ3) is 6.94. The molecule has 0 rings (SSSR count). The molecular weight excluding hydrogens is 177 g/mol. The van der Waals surface area contributed by atoms with Crippen molar-refractivity contribution in [3.63, 3.8) is 0 Å². The van der Waals surface area contributed by atoms with Gasteiger partial charge in [-0.2, -0.15) is 5.06 Å². The number of hydrogen-bond acceptors (Lipinski definition) is 6. The van der Waals surface area contributed by atoms with Crippen molar-refractivity contribution >= 4 is 7.32 Å². The van der Waals surface area contributed by atoms with E-state index >= 15 is 0 Å². The molecule has 0 saturated heterocycles. The van der Waals surface area contributed by atoms with Crippen molar-refractivity contribution in [3.05, 3.63) is 0 Å². The van der Waals surface area contributed by atoms with Crippen molar-refractivity contribution in [2.45, 2.75) is 6.92 Å². The maximum atomic E-state index is 9.02. The molecule has 0 aliphatic carbocycles. The summed E-state index contributed by atoms with van der Waals surface area (Å²) in [6.07, 6.45) is 0. The zero-order valence-electron chi connectivity index (χ0n) is 7.72. The Labute approximate surface area is 77.8 Å². The van der Waals surface area contributed by atoms with Crippen molar-refractivity contribution in [1.29, 1.82) is 0 Å². The van der Waals surface area contributed by atoms with Gasteiger partial charge in [-0.15, -0.1) is 0 Å². The first kappa shape index (κ1) is 12.8. The van der Waals surface area contributed by atoms with E-state index < -0.39 is 7.32 Å². The van der Waals surface area contributed by atoms with Crippen LogP contribution in [0.2, 0.25) is 0 Å². The molecule has 0 amide bonds. The first-order valence-electron chi connectivity index (χ1n) is 4.17. The Morgan fingerprint density at radius 2 is 1.77 bits per heavy atom. The molecule has 0 aliphatic heterocycles. The van der Waals surface area contributed by atoms with Crippen molar-refractivity contribution in [2.24, 2.45) is 0 Å². The van der Waals surface area contributed by atoms with Crippen LogP contribution in [0.1, 0.15) is 6.92 Å². The van der Waals surface area contributed by atoms with Crippen molar-refractivity contribution in [3.8, 4) is 0 Å². The van der Waals surface area contributed by atoms with Gasteiger partial charge in [-0.25, -0.2) is 0 Å². The Kier molecular flexibility index (Phi) is 8.31. The fourth-order valence-electron chi connectivity index (χ4n) is 0.741. The van der Waals surface area contributed by atoms with Crippen LogP contribution in [0.25, 0.3) is 0 Å². The zero-order valence-corrected chi connectivity index (χ0v) is 7.72. The van der Waals surface area contributed by atoms with Crippen LogP contribution >= 0.6 is 0 Å². The second-order valence-corrected chi connectivity index (χ2v) is 2.24. The summed E-state index contributed by atoms with van der Waals surface area (Å²) in [4.78, 5) is 0. The molecule has 0 saturated carbocycles. The summed E-state index contributed by atoms with van der Waals surface area (Å²) in [5.41, 5.74) is 0. The molecule has 7 heteroatoms. The van der Waals surface area contributed by atoms with Gasteiger partial charge in [0.05, 0.1) is 13.2 Å². The van der Waals surface area contributed by atoms with E-state index in [4.69, 9.17) is 24.6 Å². The van der Waals surface area contributed by atoms with Gasteiger partial charge in [0.15, 0.2) is 0 Å². The van der Waals surface area contributed by atoms with Gasteiger partial charge in [0.2, 0.25) is 0 Å². The van der Waals surface area contributed by atoms with E-state index in [-0.39, 0.29) is 26.3 Å². The van der Waals surface area contributed by atoms with E-state index in [2.05, 4.69) is 0 Å². The van der Waals surface area contributed by atoms with Gasteiger partial charge in [0.25, 0.3) is 0 Å². The maximum Gasteiger partial charge on any atom is 0.654 e. The Balaban J connectivity index is 3.64. The highest BCUT2D eigenvalue weighted by Crippen LogP contribution is 1.93. The van der Waals surface area contributed by atoms with Gasteiger partial charge >= 0.3 is 7.32 Å². The Morgan fingerprint density at radius 3 is 2.15 bits per heavy atom. The molecule has 0 fully saturated rings. The average Bonchev–Trinajstić information content (AvgIpc) is 2.05. The summed E-state index contributed by atoms with van der Waals surface area (Å²) in [5, 5.41) is 27.4. The smallest absolute Gasteiger partial charge is 0.401 e. The minimum absolute atomic E-state index is 0.112. The number of aliphatic hydroxyl groups is 2. The van der Waals surface area contributed by atoms with E-state index in [1.807, 2.05) is 0 Å². The van der Waals surface area contributed by atoms with Gasteiger partial charge in [-0.1, -0.05) is 0 Å². The molecule has 3 N–H and O–H groups in total. The van der Waals surface area contributed by atoms with Crippen molar-refractivity contribution in [2.75, 3.05) is 32.9 Å². The summed E-state index contributed by atoms with van der Waals surface area (Å²) in [7, 11) is -1.34. The lowest BCUT2D eigenvalue weighted by molar-refractivity contribution is -0.113. The topological polar surface area (TPSA) is 82.4 Å². The highest BCUT2D eigenvalue weighted by atomic mass is 16.8. The normalized spacial score (nSPS) is 10.8. The minimum atomic E-state index is -1.34. The lowest BCUT2D eigenvalue weighted by Crippen LogP contribution is -2.38. The third-order valence-electron chi connectivity index (χ3n) is 1.25. The Bertz CT molecular complexity index is 111. The molecule has 0 atom stereocenters. The molecular formula is C6H16BNO5. The minimum Gasteiger partial charge on any atom is -0.401 e. The van der Waals surface area contributed by atoms with Crippen LogP contribution in [0.4, 0.5) is 0 Å². The molecule has 0 aliphatic rings. The summed E-state index contributed by atoms with van der Waals surface area (Å²) >= 11 is 0. The number of aliphatic hydroxyl groups excluding tert-OH is 2. The largest absolute Gasteiger partial charge is 0.654 e. The van der Waals surface area contributed by atoms with E-state index in [9.17, 15) is 0 Å². The predicted molar refractivity (Wildman–Crippen MR) is 46.4 cm³/mol. The van der Waals surface area contributed by atoms with E-state index in [1.54, 1.807) is 6.92 Å². The second-order valence-electron chi connectivity index (χ2n) is 2.24. The number of hydroxylamine groups is 2. The third-order valence-corrected chi connectivity index (χ3v) is 1.25. The summed E-state index contributed by atoms with van der Waals surface area (Å²) in [5.74, 6) is 0. The summed E-state index contributed by atoms with van der Waals surface area (Å²) in [6.45, 7) is 2.25. The lowest BCUT2D eigenvalue weighted by Gasteiger charge is -2.20. The Morgan fingerprint density at radius 1 is 1.23 bits per heavy atom. The van der Waals surface area contributed by atoms with E-state index in [0.29, 0.717) is 6.61 Å². The summed E-state index contributed by atoms with van der Waals surface area (Å²) < 4.78 is 9.51. The zero-order chi connectivity index (χ0) is 10.1.